The van der Waals surface area contributed by atoms with Crippen molar-refractivity contribution in [3.05, 3.63) is 0 Å². The van der Waals surface area contributed by atoms with Crippen LogP contribution in [0.3, 0.4) is 0 Å². The van der Waals surface area contributed by atoms with Crippen molar-refractivity contribution in [2.45, 2.75) is 57.8 Å². The van der Waals surface area contributed by atoms with Crippen LogP contribution in [0.1, 0.15) is 57.8 Å². The maximum absolute atomic E-state index is 11.7. The van der Waals surface area contributed by atoms with Gasteiger partial charge in [0.1, 0.15) is 5.78 Å². The maximum atomic E-state index is 11.7. The third kappa shape index (κ3) is 5.28. The summed E-state index contributed by atoms with van der Waals surface area (Å²) in [5.41, 5.74) is 0. The molecule has 0 aromatic rings. The molecule has 1 saturated carbocycles. The summed E-state index contributed by atoms with van der Waals surface area (Å²) in [6.45, 7) is 0.275. The molecule has 0 saturated heterocycles. The molecule has 1 aliphatic carbocycles. The van der Waals surface area contributed by atoms with Gasteiger partial charge in [0.2, 0.25) is 0 Å². The van der Waals surface area contributed by atoms with Crippen LogP contribution in [-0.4, -0.2) is 12.4 Å². The van der Waals surface area contributed by atoms with Crippen molar-refractivity contribution in [3.63, 3.8) is 0 Å². The van der Waals surface area contributed by atoms with Crippen molar-refractivity contribution in [1.29, 1.82) is 0 Å². The summed E-state index contributed by atoms with van der Waals surface area (Å²) in [6, 6.07) is 0. The first kappa shape index (κ1) is 12.7. The summed E-state index contributed by atoms with van der Waals surface area (Å²) in [7, 11) is 0. The molecule has 87 valence electrons. The van der Waals surface area contributed by atoms with E-state index < -0.39 is 0 Å². The van der Waals surface area contributed by atoms with E-state index in [0.717, 1.165) is 32.1 Å². The van der Waals surface area contributed by atoms with Gasteiger partial charge in [0.25, 0.3) is 0 Å². The smallest absolute Gasteiger partial charge is 0.135 e. The number of unbranched alkanes of at least 4 members (excludes halogenated alkanes) is 2. The van der Waals surface area contributed by atoms with Gasteiger partial charge in [-0.15, -0.1) is 0 Å². The van der Waals surface area contributed by atoms with Crippen molar-refractivity contribution in [1.82, 2.24) is 0 Å². The van der Waals surface area contributed by atoms with Crippen LogP contribution in [0.15, 0.2) is 0 Å². The third-order valence-corrected chi connectivity index (χ3v) is 3.21. The molecule has 0 aromatic carbocycles. The molecule has 0 bridgehead atoms. The molecule has 0 N–H and O–H groups in total. The number of carbonyl (C=O) groups is 1. The molecule has 0 heterocycles. The van der Waals surface area contributed by atoms with Crippen molar-refractivity contribution >= 4 is 5.78 Å². The highest BCUT2D eigenvalue weighted by molar-refractivity contribution is 5.80. The topological polar surface area (TPSA) is 46.2 Å². The summed E-state index contributed by atoms with van der Waals surface area (Å²) in [5, 5.41) is 9.71. The Labute approximate surface area is 91.7 Å². The van der Waals surface area contributed by atoms with Crippen LogP contribution in [0.2, 0.25) is 0 Å². The van der Waals surface area contributed by atoms with Gasteiger partial charge in [0, 0.05) is 12.3 Å². The molecule has 1 aliphatic rings. The Kier molecular flexibility index (Phi) is 6.60. The van der Waals surface area contributed by atoms with Crippen molar-refractivity contribution in [2.24, 2.45) is 5.92 Å². The molecule has 0 amide bonds. The Morgan fingerprint density at radius 2 is 1.80 bits per heavy atom. The van der Waals surface area contributed by atoms with Crippen molar-refractivity contribution in [2.75, 3.05) is 6.61 Å². The molecule has 15 heavy (non-hydrogen) atoms. The lowest BCUT2D eigenvalue weighted by Crippen LogP contribution is -2.17. The lowest BCUT2D eigenvalue weighted by atomic mass is 9.84. The number of hydrogen-bond acceptors (Lipinski definition) is 2. The van der Waals surface area contributed by atoms with E-state index in [1.807, 2.05) is 0 Å². The molecule has 0 atom stereocenters. The van der Waals surface area contributed by atoms with Gasteiger partial charge < -0.3 is 0 Å². The normalized spacial score (nSPS) is 17.9. The zero-order valence-corrected chi connectivity index (χ0v) is 9.37. The molecular weight excluding hydrogens is 192 g/mol. The molecule has 1 fully saturated rings. The zero-order chi connectivity index (χ0) is 10.9. The first-order valence-corrected chi connectivity index (χ1v) is 6.12. The zero-order valence-electron chi connectivity index (χ0n) is 9.37. The first-order chi connectivity index (χ1) is 7.34. The van der Waals surface area contributed by atoms with Gasteiger partial charge in [-0.05, 0) is 30.9 Å². The van der Waals surface area contributed by atoms with Crippen molar-refractivity contribution < 1.29 is 14.9 Å². The summed E-state index contributed by atoms with van der Waals surface area (Å²) in [5.74, 6) is 0.784. The lowest BCUT2D eigenvalue weighted by Gasteiger charge is -2.20. The second-order valence-electron chi connectivity index (χ2n) is 4.43. The number of hydrogen-bond donors (Lipinski definition) is 0. The van der Waals surface area contributed by atoms with E-state index in [2.05, 4.69) is 4.89 Å². The van der Waals surface area contributed by atoms with E-state index in [4.69, 9.17) is 0 Å². The lowest BCUT2D eigenvalue weighted by molar-refractivity contribution is -0.303. The quantitative estimate of drug-likeness (QED) is 0.370. The molecule has 3 heteroatoms. The molecule has 0 aromatic heterocycles. The maximum Gasteiger partial charge on any atom is 0.135 e. The highest BCUT2D eigenvalue weighted by Gasteiger charge is 2.19. The Morgan fingerprint density at radius 1 is 1.07 bits per heavy atom. The predicted octanol–water partition coefficient (Wildman–Crippen LogP) is 3.06. The minimum atomic E-state index is 0.275. The summed E-state index contributed by atoms with van der Waals surface area (Å²) in [4.78, 5) is 15.5. The van der Waals surface area contributed by atoms with Crippen LogP contribution in [0, 0.1) is 5.92 Å². The highest BCUT2D eigenvalue weighted by atomic mass is 17.1. The van der Waals surface area contributed by atoms with Gasteiger partial charge in [-0.2, -0.15) is 0 Å². The molecule has 1 radical (unpaired) electrons. The standard InChI is InChI=1S/C12H21O3/c13-12(9-5-2-6-10-15-14)11-7-3-1-4-8-11/h11H,1-10H2. The highest BCUT2D eigenvalue weighted by Crippen LogP contribution is 2.25. The van der Waals surface area contributed by atoms with Crippen LogP contribution in [0.5, 0.6) is 0 Å². The number of rotatable bonds is 7. The molecule has 0 unspecified atom stereocenters. The van der Waals surface area contributed by atoms with Gasteiger partial charge in [0.15, 0.2) is 0 Å². The predicted molar refractivity (Wildman–Crippen MR) is 56.7 cm³/mol. The molecule has 0 spiro atoms. The van der Waals surface area contributed by atoms with Crippen LogP contribution >= 0.6 is 0 Å². The minimum absolute atomic E-state index is 0.275. The summed E-state index contributed by atoms with van der Waals surface area (Å²) < 4.78 is 0. The Hall–Kier alpha value is -0.410. The average Bonchev–Trinajstić information content (AvgIpc) is 2.30. The Bertz CT molecular complexity index is 174. The fourth-order valence-electron chi connectivity index (χ4n) is 2.27. The monoisotopic (exact) mass is 213 g/mol. The third-order valence-electron chi connectivity index (χ3n) is 3.21. The Morgan fingerprint density at radius 3 is 2.47 bits per heavy atom. The minimum Gasteiger partial charge on any atom is -0.299 e. The largest absolute Gasteiger partial charge is 0.299 e. The Balaban J connectivity index is 2.02. The van der Waals surface area contributed by atoms with E-state index in [1.54, 1.807) is 0 Å². The first-order valence-electron chi connectivity index (χ1n) is 6.12. The van der Waals surface area contributed by atoms with Gasteiger partial charge in [0.05, 0.1) is 6.61 Å². The molecule has 3 nitrogen and oxygen atoms in total. The molecule has 0 aliphatic heterocycles. The van der Waals surface area contributed by atoms with E-state index in [1.165, 1.54) is 19.3 Å². The number of ketones is 1. The van der Waals surface area contributed by atoms with E-state index in [-0.39, 0.29) is 6.61 Å². The van der Waals surface area contributed by atoms with E-state index >= 15 is 0 Å². The number of carbonyl (C=O) groups excluding carboxylic acids is 1. The second-order valence-corrected chi connectivity index (χ2v) is 4.43. The van der Waals surface area contributed by atoms with Crippen LogP contribution < -0.4 is 0 Å². The summed E-state index contributed by atoms with van der Waals surface area (Å²) >= 11 is 0. The average molecular weight is 213 g/mol. The van der Waals surface area contributed by atoms with Crippen molar-refractivity contribution in [3.8, 4) is 0 Å². The number of Topliss-reactive ketones (excluding diaryl/α,β-unsaturated/α-hetero) is 1. The SMILES string of the molecule is [O]OCCCCCC(=O)C1CCCCC1. The van der Waals surface area contributed by atoms with E-state index in [0.29, 0.717) is 18.1 Å². The van der Waals surface area contributed by atoms with Gasteiger partial charge in [-0.3, -0.25) is 4.79 Å². The fourth-order valence-corrected chi connectivity index (χ4v) is 2.27. The fraction of sp³-hybridized carbons (Fsp3) is 0.917. The van der Waals surface area contributed by atoms with E-state index in [9.17, 15) is 10.1 Å². The van der Waals surface area contributed by atoms with Crippen LogP contribution in [-0.2, 0) is 14.9 Å². The summed E-state index contributed by atoms with van der Waals surface area (Å²) in [6.07, 6.45) is 9.26. The van der Waals surface area contributed by atoms with Crippen LogP contribution in [0.25, 0.3) is 0 Å². The molecular formula is C12H21O3. The molecule has 1 rings (SSSR count). The van der Waals surface area contributed by atoms with Gasteiger partial charge in [-0.1, -0.05) is 25.7 Å². The van der Waals surface area contributed by atoms with Gasteiger partial charge >= 0.3 is 0 Å². The second kappa shape index (κ2) is 7.83. The van der Waals surface area contributed by atoms with Crippen LogP contribution in [0.4, 0.5) is 0 Å². The van der Waals surface area contributed by atoms with Gasteiger partial charge in [-0.25, -0.2) is 4.89 Å².